The van der Waals surface area contributed by atoms with E-state index in [4.69, 9.17) is 4.74 Å². The van der Waals surface area contributed by atoms with Gasteiger partial charge in [0, 0.05) is 44.8 Å². The second-order valence-corrected chi connectivity index (χ2v) is 7.88. The fraction of sp³-hybridized carbons (Fsp3) is 0.417. The number of anilines is 1. The first kappa shape index (κ1) is 22.6. The minimum Gasteiger partial charge on any atom is -0.493 e. The molecule has 0 atom stereocenters. The van der Waals surface area contributed by atoms with Crippen molar-refractivity contribution in [1.29, 1.82) is 0 Å². The number of ether oxygens (including phenoxy) is 1. The molecule has 166 valence electrons. The van der Waals surface area contributed by atoms with Gasteiger partial charge in [0.05, 0.1) is 13.0 Å². The van der Waals surface area contributed by atoms with Crippen LogP contribution in [0.5, 0.6) is 5.75 Å². The average molecular weight is 425 g/mol. The van der Waals surface area contributed by atoms with Crippen LogP contribution in [0, 0.1) is 13.8 Å². The fourth-order valence-electron chi connectivity index (χ4n) is 3.51. The smallest absolute Gasteiger partial charge is 0.241 e. The van der Waals surface area contributed by atoms with Crippen molar-refractivity contribution >= 4 is 17.5 Å². The van der Waals surface area contributed by atoms with Crippen LogP contribution in [0.4, 0.5) is 5.69 Å². The van der Waals surface area contributed by atoms with Gasteiger partial charge in [0.1, 0.15) is 5.75 Å². The highest BCUT2D eigenvalue weighted by Gasteiger charge is 2.17. The van der Waals surface area contributed by atoms with Crippen LogP contribution in [0.3, 0.4) is 0 Å². The lowest BCUT2D eigenvalue weighted by Crippen LogP contribution is -2.48. The number of hydrazine groups is 1. The lowest BCUT2D eigenvalue weighted by Gasteiger charge is -2.36. The van der Waals surface area contributed by atoms with Gasteiger partial charge in [-0.25, -0.2) is 0 Å². The Balaban J connectivity index is 1.27. The molecule has 2 aromatic carbocycles. The molecule has 2 aromatic rings. The minimum atomic E-state index is -0.268. The summed E-state index contributed by atoms with van der Waals surface area (Å²) in [6.07, 6.45) is 0.527. The average Bonchev–Trinajstić information content (AvgIpc) is 2.79. The van der Waals surface area contributed by atoms with Gasteiger partial charge in [-0.2, -0.15) is 0 Å². The highest BCUT2D eigenvalue weighted by molar-refractivity contribution is 5.82. The van der Waals surface area contributed by atoms with Crippen molar-refractivity contribution in [3.63, 3.8) is 0 Å². The maximum atomic E-state index is 12.1. The summed E-state index contributed by atoms with van der Waals surface area (Å²) < 4.78 is 5.68. The zero-order chi connectivity index (χ0) is 22.1. The third kappa shape index (κ3) is 7.29. The SMILES string of the molecule is Cc1ccc(C)c(OCCC(=O)NNC(=O)CCN2CCN(c3ccccc3)CC2)c1. The summed E-state index contributed by atoms with van der Waals surface area (Å²) in [6.45, 7) is 8.64. The Morgan fingerprint density at radius 2 is 1.58 bits per heavy atom. The van der Waals surface area contributed by atoms with Crippen LogP contribution in [0.1, 0.15) is 24.0 Å². The second-order valence-electron chi connectivity index (χ2n) is 7.88. The topological polar surface area (TPSA) is 73.9 Å². The summed E-state index contributed by atoms with van der Waals surface area (Å²) in [5.74, 6) is 0.327. The third-order valence-corrected chi connectivity index (χ3v) is 5.42. The van der Waals surface area contributed by atoms with Crippen LogP contribution in [0.25, 0.3) is 0 Å². The van der Waals surface area contributed by atoms with E-state index in [1.54, 1.807) is 0 Å². The second kappa shape index (κ2) is 11.4. The molecule has 31 heavy (non-hydrogen) atoms. The van der Waals surface area contributed by atoms with Crippen LogP contribution in [-0.4, -0.2) is 56.0 Å². The van der Waals surface area contributed by atoms with Gasteiger partial charge in [-0.1, -0.05) is 30.3 Å². The van der Waals surface area contributed by atoms with Gasteiger partial charge < -0.3 is 9.64 Å². The molecule has 1 fully saturated rings. The summed E-state index contributed by atoms with van der Waals surface area (Å²) in [5.41, 5.74) is 8.34. The Hall–Kier alpha value is -3.06. The van der Waals surface area contributed by atoms with E-state index < -0.39 is 0 Å². The predicted molar refractivity (Wildman–Crippen MR) is 122 cm³/mol. The molecule has 0 saturated carbocycles. The molecule has 0 radical (unpaired) electrons. The molecule has 3 rings (SSSR count). The number of nitrogens with zero attached hydrogens (tertiary/aromatic N) is 2. The predicted octanol–water partition coefficient (Wildman–Crippen LogP) is 2.43. The molecule has 1 aliphatic rings. The molecule has 0 bridgehead atoms. The molecule has 1 saturated heterocycles. The number of amides is 2. The molecule has 2 amide bonds. The van der Waals surface area contributed by atoms with Crippen LogP contribution in [0.2, 0.25) is 0 Å². The first-order valence-electron chi connectivity index (χ1n) is 10.8. The van der Waals surface area contributed by atoms with Gasteiger partial charge in [0.15, 0.2) is 0 Å². The molecule has 0 aromatic heterocycles. The minimum absolute atomic E-state index is 0.176. The van der Waals surface area contributed by atoms with Crippen molar-refractivity contribution in [1.82, 2.24) is 15.8 Å². The Bertz CT molecular complexity index is 864. The van der Waals surface area contributed by atoms with E-state index in [0.29, 0.717) is 13.0 Å². The van der Waals surface area contributed by atoms with Crippen molar-refractivity contribution < 1.29 is 14.3 Å². The molecule has 7 heteroatoms. The third-order valence-electron chi connectivity index (χ3n) is 5.42. The van der Waals surface area contributed by atoms with E-state index in [-0.39, 0.29) is 24.8 Å². The van der Waals surface area contributed by atoms with Crippen molar-refractivity contribution in [2.45, 2.75) is 26.7 Å². The summed E-state index contributed by atoms with van der Waals surface area (Å²) in [4.78, 5) is 28.6. The quantitative estimate of drug-likeness (QED) is 0.637. The van der Waals surface area contributed by atoms with Gasteiger partial charge in [-0.05, 0) is 43.2 Å². The van der Waals surface area contributed by atoms with Crippen molar-refractivity contribution in [3.8, 4) is 5.75 Å². The zero-order valence-corrected chi connectivity index (χ0v) is 18.4. The highest BCUT2D eigenvalue weighted by atomic mass is 16.5. The van der Waals surface area contributed by atoms with E-state index in [9.17, 15) is 9.59 Å². The summed E-state index contributed by atoms with van der Waals surface area (Å²) >= 11 is 0. The number of carbonyl (C=O) groups excluding carboxylic acids is 2. The Morgan fingerprint density at radius 1 is 0.903 bits per heavy atom. The number of benzene rings is 2. The van der Waals surface area contributed by atoms with Crippen LogP contribution < -0.4 is 20.5 Å². The number of carbonyl (C=O) groups is 2. The molecule has 0 unspecified atom stereocenters. The van der Waals surface area contributed by atoms with E-state index in [1.807, 2.05) is 38.1 Å². The van der Waals surface area contributed by atoms with E-state index in [1.165, 1.54) is 5.69 Å². The number of hydrogen-bond acceptors (Lipinski definition) is 5. The maximum Gasteiger partial charge on any atom is 0.241 e. The number of hydrogen-bond donors (Lipinski definition) is 2. The summed E-state index contributed by atoms with van der Waals surface area (Å²) in [6, 6.07) is 16.3. The fourth-order valence-corrected chi connectivity index (χ4v) is 3.51. The molecule has 0 spiro atoms. The molecule has 0 aliphatic carbocycles. The number of para-hydroxylation sites is 1. The van der Waals surface area contributed by atoms with Gasteiger partial charge in [-0.15, -0.1) is 0 Å². The Morgan fingerprint density at radius 3 is 2.29 bits per heavy atom. The van der Waals surface area contributed by atoms with E-state index in [2.05, 4.69) is 44.9 Å². The Kier molecular flexibility index (Phi) is 8.29. The first-order valence-corrected chi connectivity index (χ1v) is 10.8. The number of rotatable bonds is 8. The number of nitrogens with one attached hydrogen (secondary N) is 2. The normalized spacial score (nSPS) is 14.2. The highest BCUT2D eigenvalue weighted by Crippen LogP contribution is 2.19. The molecule has 7 nitrogen and oxygen atoms in total. The molecule has 2 N–H and O–H groups in total. The first-order chi connectivity index (χ1) is 15.0. The van der Waals surface area contributed by atoms with Crippen LogP contribution in [0.15, 0.2) is 48.5 Å². The van der Waals surface area contributed by atoms with Gasteiger partial charge >= 0.3 is 0 Å². The van der Waals surface area contributed by atoms with Crippen LogP contribution in [-0.2, 0) is 9.59 Å². The van der Waals surface area contributed by atoms with Gasteiger partial charge in [0.25, 0.3) is 0 Å². The van der Waals surface area contributed by atoms with Gasteiger partial charge in [0.2, 0.25) is 11.8 Å². The van der Waals surface area contributed by atoms with Gasteiger partial charge in [-0.3, -0.25) is 25.3 Å². The Labute approximate surface area is 184 Å². The largest absolute Gasteiger partial charge is 0.493 e. The standard InChI is InChI=1S/C24H32N4O3/c1-19-8-9-20(2)22(18-19)31-17-11-24(30)26-25-23(29)10-12-27-13-15-28(16-14-27)21-6-4-3-5-7-21/h3-9,18H,10-17H2,1-2H3,(H,25,29)(H,26,30). The molecule has 1 aliphatic heterocycles. The molecular weight excluding hydrogens is 392 g/mol. The lowest BCUT2D eigenvalue weighted by molar-refractivity contribution is -0.129. The van der Waals surface area contributed by atoms with E-state index in [0.717, 1.165) is 43.1 Å². The van der Waals surface area contributed by atoms with Crippen molar-refractivity contribution in [3.05, 3.63) is 59.7 Å². The van der Waals surface area contributed by atoms with Crippen molar-refractivity contribution in [2.75, 3.05) is 44.2 Å². The maximum absolute atomic E-state index is 12.1. The molecule has 1 heterocycles. The number of piperazine rings is 1. The summed E-state index contributed by atoms with van der Waals surface area (Å²) in [5, 5.41) is 0. The van der Waals surface area contributed by atoms with Crippen LogP contribution >= 0.6 is 0 Å². The van der Waals surface area contributed by atoms with E-state index >= 15 is 0 Å². The summed E-state index contributed by atoms with van der Waals surface area (Å²) in [7, 11) is 0. The number of aryl methyl sites for hydroxylation is 2. The monoisotopic (exact) mass is 424 g/mol. The zero-order valence-electron chi connectivity index (χ0n) is 18.4. The molecular formula is C24H32N4O3. The lowest BCUT2D eigenvalue weighted by atomic mass is 10.1. The van der Waals surface area contributed by atoms with Crippen molar-refractivity contribution in [2.24, 2.45) is 0 Å².